The lowest BCUT2D eigenvalue weighted by molar-refractivity contribution is -0.134. The van der Waals surface area contributed by atoms with Gasteiger partial charge in [0.25, 0.3) is 0 Å². The highest BCUT2D eigenvalue weighted by molar-refractivity contribution is 7.09. The smallest absolute Gasteiger partial charge is 0.227 e. The van der Waals surface area contributed by atoms with Crippen LogP contribution in [0, 0.1) is 11.7 Å². The van der Waals surface area contributed by atoms with Crippen molar-refractivity contribution in [3.05, 3.63) is 52.2 Å². The van der Waals surface area contributed by atoms with Crippen molar-refractivity contribution in [3.8, 4) is 0 Å². The molecular formula is C18H19FN2O2S. The van der Waals surface area contributed by atoms with E-state index in [0.29, 0.717) is 12.5 Å². The summed E-state index contributed by atoms with van der Waals surface area (Å²) in [6, 6.07) is 6.25. The third-order valence-corrected chi connectivity index (χ3v) is 5.74. The fraction of sp³-hybridized carbons (Fsp3) is 0.444. The number of rotatable bonds is 3. The van der Waals surface area contributed by atoms with Crippen molar-refractivity contribution in [2.75, 3.05) is 13.1 Å². The highest BCUT2D eigenvalue weighted by Crippen LogP contribution is 2.41. The second-order valence-corrected chi connectivity index (χ2v) is 7.39. The Bertz CT molecular complexity index is 722. The Labute approximate surface area is 144 Å². The Hall–Kier alpha value is -1.79. The second kappa shape index (κ2) is 6.61. The maximum atomic E-state index is 13.3. The first-order chi connectivity index (χ1) is 11.7. The fourth-order valence-electron chi connectivity index (χ4n) is 3.64. The van der Waals surface area contributed by atoms with Crippen LogP contribution >= 0.6 is 11.3 Å². The fourth-order valence-corrected chi connectivity index (χ4v) is 4.33. The molecule has 1 aromatic carbocycles. The van der Waals surface area contributed by atoms with E-state index in [4.69, 9.17) is 4.74 Å². The number of halogens is 1. The summed E-state index contributed by atoms with van der Waals surface area (Å²) in [5, 5.41) is 3.00. The van der Waals surface area contributed by atoms with Gasteiger partial charge in [-0.05, 0) is 36.5 Å². The third kappa shape index (κ3) is 3.21. The monoisotopic (exact) mass is 346 g/mol. The molecule has 2 fully saturated rings. The molecule has 0 spiro atoms. The summed E-state index contributed by atoms with van der Waals surface area (Å²) < 4.78 is 19.4. The van der Waals surface area contributed by atoms with E-state index in [9.17, 15) is 9.18 Å². The van der Waals surface area contributed by atoms with Gasteiger partial charge in [0.2, 0.25) is 5.91 Å². The van der Waals surface area contributed by atoms with Gasteiger partial charge in [0.15, 0.2) is 0 Å². The number of likely N-dealkylation sites (tertiary alicyclic amines) is 1. The molecular weight excluding hydrogens is 327 g/mol. The van der Waals surface area contributed by atoms with Crippen LogP contribution in [0.5, 0.6) is 0 Å². The molecule has 0 aliphatic carbocycles. The molecule has 24 heavy (non-hydrogen) atoms. The van der Waals surface area contributed by atoms with Gasteiger partial charge in [0, 0.05) is 24.7 Å². The summed E-state index contributed by atoms with van der Waals surface area (Å²) in [4.78, 5) is 18.7. The molecule has 2 aromatic rings. The van der Waals surface area contributed by atoms with Crippen molar-refractivity contribution in [3.63, 3.8) is 0 Å². The summed E-state index contributed by atoms with van der Waals surface area (Å²) in [5.41, 5.74) is 0.718. The quantitative estimate of drug-likeness (QED) is 0.857. The van der Waals surface area contributed by atoms with Gasteiger partial charge in [0.05, 0.1) is 12.5 Å². The molecule has 4 nitrogen and oxygen atoms in total. The number of hydrogen-bond acceptors (Lipinski definition) is 4. The zero-order valence-corrected chi connectivity index (χ0v) is 14.0. The number of amides is 1. The minimum absolute atomic E-state index is 0.0420. The van der Waals surface area contributed by atoms with Gasteiger partial charge in [0.1, 0.15) is 16.9 Å². The number of fused-ring (bicyclic) bond motifs is 1. The molecule has 0 N–H and O–H groups in total. The molecule has 2 saturated heterocycles. The lowest BCUT2D eigenvalue weighted by atomic mass is 9.91. The Morgan fingerprint density at radius 2 is 2.38 bits per heavy atom. The number of ether oxygens (including phenoxy) is 1. The van der Waals surface area contributed by atoms with Crippen LogP contribution in [0.3, 0.4) is 0 Å². The van der Waals surface area contributed by atoms with E-state index in [0.717, 1.165) is 30.0 Å². The van der Waals surface area contributed by atoms with Gasteiger partial charge in [-0.15, -0.1) is 11.3 Å². The van der Waals surface area contributed by atoms with Crippen molar-refractivity contribution in [2.45, 2.75) is 31.5 Å². The van der Waals surface area contributed by atoms with Crippen molar-refractivity contribution < 1.29 is 13.9 Å². The van der Waals surface area contributed by atoms with E-state index < -0.39 is 0 Å². The normalized spacial score (nSPS) is 26.4. The van der Waals surface area contributed by atoms with Crippen LogP contribution in [0.25, 0.3) is 0 Å². The molecule has 0 bridgehead atoms. The van der Waals surface area contributed by atoms with E-state index in [1.165, 1.54) is 12.1 Å². The van der Waals surface area contributed by atoms with E-state index in [1.54, 1.807) is 29.7 Å². The molecule has 0 radical (unpaired) electrons. The second-order valence-electron chi connectivity index (χ2n) is 6.46. The first-order valence-electron chi connectivity index (χ1n) is 8.26. The van der Waals surface area contributed by atoms with Crippen LogP contribution in [-0.2, 0) is 16.0 Å². The lowest BCUT2D eigenvalue weighted by Crippen LogP contribution is -2.45. The predicted octanol–water partition coefficient (Wildman–Crippen LogP) is 3.20. The molecule has 3 heterocycles. The molecule has 2 aliphatic heterocycles. The van der Waals surface area contributed by atoms with Gasteiger partial charge < -0.3 is 9.64 Å². The maximum Gasteiger partial charge on any atom is 0.227 e. The van der Waals surface area contributed by atoms with E-state index in [1.807, 2.05) is 10.3 Å². The third-order valence-electron chi connectivity index (χ3n) is 4.88. The van der Waals surface area contributed by atoms with Crippen LogP contribution in [0.2, 0.25) is 0 Å². The maximum absolute atomic E-state index is 13.3. The molecule has 0 saturated carbocycles. The minimum Gasteiger partial charge on any atom is -0.366 e. The van der Waals surface area contributed by atoms with Crippen LogP contribution in [-0.4, -0.2) is 35.0 Å². The summed E-state index contributed by atoms with van der Waals surface area (Å²) in [5.74, 6) is 0.238. The zero-order valence-electron chi connectivity index (χ0n) is 13.2. The van der Waals surface area contributed by atoms with Gasteiger partial charge in [-0.3, -0.25) is 4.79 Å². The molecule has 4 rings (SSSR count). The summed E-state index contributed by atoms with van der Waals surface area (Å²) in [6.45, 7) is 1.38. The number of piperidine rings is 1. The van der Waals surface area contributed by atoms with Gasteiger partial charge in [-0.2, -0.15) is 0 Å². The summed E-state index contributed by atoms with van der Waals surface area (Å²) in [6.07, 6.45) is 4.15. The van der Waals surface area contributed by atoms with Crippen molar-refractivity contribution >= 4 is 17.2 Å². The van der Waals surface area contributed by atoms with Crippen LogP contribution in [0.1, 0.15) is 29.5 Å². The first kappa shape index (κ1) is 15.7. The number of carbonyl (C=O) groups excluding carboxylic acids is 1. The Morgan fingerprint density at radius 1 is 1.46 bits per heavy atom. The van der Waals surface area contributed by atoms with E-state index >= 15 is 0 Å². The van der Waals surface area contributed by atoms with Gasteiger partial charge in [-0.1, -0.05) is 12.1 Å². The van der Waals surface area contributed by atoms with Crippen LogP contribution in [0.4, 0.5) is 4.39 Å². The number of thiazole rings is 1. The topological polar surface area (TPSA) is 42.4 Å². The Balaban J connectivity index is 1.38. The molecule has 126 valence electrons. The minimum atomic E-state index is -0.301. The molecule has 1 aromatic heterocycles. The predicted molar refractivity (Wildman–Crippen MR) is 89.1 cm³/mol. The highest BCUT2D eigenvalue weighted by Gasteiger charge is 2.41. The molecule has 0 unspecified atom stereocenters. The first-order valence-corrected chi connectivity index (χ1v) is 9.14. The molecule has 3 atom stereocenters. The highest BCUT2D eigenvalue weighted by atomic mass is 32.1. The molecule has 2 aliphatic rings. The average Bonchev–Trinajstić information content (AvgIpc) is 3.23. The Kier molecular flexibility index (Phi) is 4.33. The number of aromatic nitrogens is 1. The standard InChI is InChI=1S/C18H19FN2O2S/c19-14-3-1-2-12(8-14)9-17(22)21-6-4-13-10-15(23-16(13)11-21)18-20-5-7-24-18/h1-3,5,7-8,13,15-16H,4,6,9-11H2/t13-,15-,16+/m0/s1. The largest absolute Gasteiger partial charge is 0.366 e. The summed E-state index contributed by atoms with van der Waals surface area (Å²) in [7, 11) is 0. The molecule has 1 amide bonds. The van der Waals surface area contributed by atoms with E-state index in [2.05, 4.69) is 4.98 Å². The average molecular weight is 346 g/mol. The summed E-state index contributed by atoms with van der Waals surface area (Å²) >= 11 is 1.62. The number of carbonyl (C=O) groups is 1. The van der Waals surface area contributed by atoms with Crippen LogP contribution in [0.15, 0.2) is 35.8 Å². The molecule has 6 heteroatoms. The number of nitrogens with zero attached hydrogens (tertiary/aromatic N) is 2. The van der Waals surface area contributed by atoms with Gasteiger partial charge in [-0.25, -0.2) is 9.37 Å². The number of hydrogen-bond donors (Lipinski definition) is 0. The zero-order chi connectivity index (χ0) is 16.5. The van der Waals surface area contributed by atoms with E-state index in [-0.39, 0.29) is 30.4 Å². The van der Waals surface area contributed by atoms with Crippen molar-refractivity contribution in [2.24, 2.45) is 5.92 Å². The SMILES string of the molecule is O=C(Cc1cccc(F)c1)N1CC[C@H]2C[C@@H](c3nccs3)O[C@@H]2C1. The van der Waals surface area contributed by atoms with Gasteiger partial charge >= 0.3 is 0 Å². The van der Waals surface area contributed by atoms with Crippen LogP contribution < -0.4 is 0 Å². The number of benzene rings is 1. The van der Waals surface area contributed by atoms with Crippen molar-refractivity contribution in [1.29, 1.82) is 0 Å². The Morgan fingerprint density at radius 3 is 3.17 bits per heavy atom. The van der Waals surface area contributed by atoms with Crippen molar-refractivity contribution in [1.82, 2.24) is 9.88 Å². The lowest BCUT2D eigenvalue weighted by Gasteiger charge is -2.34.